The highest BCUT2D eigenvalue weighted by atomic mass is 32.2. The maximum atomic E-state index is 13.2. The molecule has 0 N–H and O–H groups in total. The van der Waals surface area contributed by atoms with Crippen LogP contribution in [0.3, 0.4) is 0 Å². The van der Waals surface area contributed by atoms with Gasteiger partial charge >= 0.3 is 5.97 Å². The number of benzene rings is 2. The van der Waals surface area contributed by atoms with Crippen molar-refractivity contribution in [3.63, 3.8) is 0 Å². The fourth-order valence-electron chi connectivity index (χ4n) is 3.15. The first-order chi connectivity index (χ1) is 13.8. The largest absolute Gasteiger partial charge is 0.452 e. The second-order valence-electron chi connectivity index (χ2n) is 6.65. The first-order valence-corrected chi connectivity index (χ1v) is 10.8. The molecule has 0 radical (unpaired) electrons. The van der Waals surface area contributed by atoms with E-state index in [2.05, 4.69) is 0 Å². The Hall–Kier alpha value is -3.00. The number of hydrogen-bond acceptors (Lipinski definition) is 5. The number of esters is 1. The highest BCUT2D eigenvalue weighted by Crippen LogP contribution is 2.24. The van der Waals surface area contributed by atoms with Crippen LogP contribution in [0.1, 0.15) is 12.0 Å². The number of hydrogen-bond donors (Lipinski definition) is 0. The van der Waals surface area contributed by atoms with Crippen LogP contribution in [0.25, 0.3) is 6.08 Å². The lowest BCUT2D eigenvalue weighted by Gasteiger charge is -2.28. The van der Waals surface area contributed by atoms with Gasteiger partial charge in [0.1, 0.15) is 5.82 Å². The topological polar surface area (TPSA) is 80.8 Å². The summed E-state index contributed by atoms with van der Waals surface area (Å²) in [5, 5.41) is 0. The standard InChI is InChI=1S/C21H20FNO5S/c22-17-6-4-5-16(13-17)9-10-21(25)28-14-20(24)23(18-7-2-1-3-8-18)19-11-12-29(26,27)15-19/h1-10,13,19H,11-12,14-15H2/b10-9+/t19-/m0/s1. The monoisotopic (exact) mass is 417 g/mol. The van der Waals surface area contributed by atoms with Gasteiger partial charge in [-0.2, -0.15) is 0 Å². The lowest BCUT2D eigenvalue weighted by Crippen LogP contribution is -2.43. The van der Waals surface area contributed by atoms with Gasteiger partial charge in [-0.1, -0.05) is 30.3 Å². The molecule has 1 aliphatic rings. The van der Waals surface area contributed by atoms with Crippen LogP contribution in [0.15, 0.2) is 60.7 Å². The molecule has 0 saturated carbocycles. The van der Waals surface area contributed by atoms with E-state index in [0.717, 1.165) is 6.08 Å². The summed E-state index contributed by atoms with van der Waals surface area (Å²) >= 11 is 0. The van der Waals surface area contributed by atoms with Crippen molar-refractivity contribution < 1.29 is 27.1 Å². The smallest absolute Gasteiger partial charge is 0.331 e. The van der Waals surface area contributed by atoms with Gasteiger partial charge in [0.15, 0.2) is 16.4 Å². The van der Waals surface area contributed by atoms with Crippen molar-refractivity contribution in [3.8, 4) is 0 Å². The van der Waals surface area contributed by atoms with Crippen molar-refractivity contribution in [2.75, 3.05) is 23.0 Å². The summed E-state index contributed by atoms with van der Waals surface area (Å²) in [6, 6.07) is 13.9. The molecule has 1 saturated heterocycles. The number of amides is 1. The van der Waals surface area contributed by atoms with Gasteiger partial charge < -0.3 is 9.64 Å². The number of sulfone groups is 1. The van der Waals surface area contributed by atoms with E-state index < -0.39 is 40.2 Å². The van der Waals surface area contributed by atoms with Crippen LogP contribution in [-0.4, -0.2) is 44.4 Å². The van der Waals surface area contributed by atoms with E-state index in [1.165, 1.54) is 29.2 Å². The normalized spacial score (nSPS) is 17.9. The molecule has 2 aromatic rings. The Kier molecular flexibility index (Phi) is 6.43. The van der Waals surface area contributed by atoms with Crippen LogP contribution in [0.2, 0.25) is 0 Å². The molecule has 0 aliphatic carbocycles. The number of carbonyl (C=O) groups excluding carboxylic acids is 2. The maximum absolute atomic E-state index is 13.2. The van der Waals surface area contributed by atoms with Gasteiger partial charge in [0, 0.05) is 11.8 Å². The van der Waals surface area contributed by atoms with Gasteiger partial charge in [-0.25, -0.2) is 17.6 Å². The lowest BCUT2D eigenvalue weighted by molar-refractivity contribution is -0.143. The first-order valence-electron chi connectivity index (χ1n) is 9.02. The minimum Gasteiger partial charge on any atom is -0.452 e. The van der Waals surface area contributed by atoms with Crippen molar-refractivity contribution in [2.45, 2.75) is 12.5 Å². The first kappa shape index (κ1) is 20.7. The number of nitrogens with zero attached hydrogens (tertiary/aromatic N) is 1. The number of rotatable bonds is 6. The van der Waals surface area contributed by atoms with Crippen molar-refractivity contribution in [1.29, 1.82) is 0 Å². The number of anilines is 1. The zero-order valence-corrected chi connectivity index (χ0v) is 16.3. The Labute approximate surface area is 168 Å². The van der Waals surface area contributed by atoms with Gasteiger partial charge in [0.05, 0.1) is 17.5 Å². The summed E-state index contributed by atoms with van der Waals surface area (Å²) in [4.78, 5) is 26.0. The second-order valence-corrected chi connectivity index (χ2v) is 8.88. The van der Waals surface area contributed by atoms with E-state index in [1.54, 1.807) is 36.4 Å². The average Bonchev–Trinajstić information content (AvgIpc) is 3.05. The molecule has 1 amide bonds. The molecule has 2 aromatic carbocycles. The number of carbonyl (C=O) groups is 2. The van der Waals surface area contributed by atoms with Crippen molar-refractivity contribution in [3.05, 3.63) is 72.1 Å². The quantitative estimate of drug-likeness (QED) is 0.533. The van der Waals surface area contributed by atoms with Gasteiger partial charge in [0.2, 0.25) is 0 Å². The van der Waals surface area contributed by atoms with Gasteiger partial charge in [-0.15, -0.1) is 0 Å². The highest BCUT2D eigenvalue weighted by molar-refractivity contribution is 7.91. The summed E-state index contributed by atoms with van der Waals surface area (Å²) in [6.07, 6.45) is 2.82. The van der Waals surface area contributed by atoms with Crippen molar-refractivity contribution in [1.82, 2.24) is 0 Å². The van der Waals surface area contributed by atoms with E-state index in [4.69, 9.17) is 4.74 Å². The molecule has 0 spiro atoms. The second kappa shape index (κ2) is 9.00. The summed E-state index contributed by atoms with van der Waals surface area (Å²) in [5.74, 6) is -1.80. The minimum atomic E-state index is -3.20. The van der Waals surface area contributed by atoms with Crippen LogP contribution in [0, 0.1) is 5.82 Å². The minimum absolute atomic E-state index is 0.0183. The van der Waals surface area contributed by atoms with Crippen LogP contribution in [0.5, 0.6) is 0 Å². The molecule has 1 aliphatic heterocycles. The summed E-state index contributed by atoms with van der Waals surface area (Å²) in [7, 11) is -3.20. The Morgan fingerprint density at radius 1 is 1.14 bits per heavy atom. The fourth-order valence-corrected chi connectivity index (χ4v) is 4.85. The third-order valence-electron chi connectivity index (χ3n) is 4.48. The van der Waals surface area contributed by atoms with E-state index in [9.17, 15) is 22.4 Å². The summed E-state index contributed by atoms with van der Waals surface area (Å²) in [5.41, 5.74) is 1.03. The predicted octanol–water partition coefficient (Wildman–Crippen LogP) is 2.60. The molecule has 6 nitrogen and oxygen atoms in total. The average molecular weight is 417 g/mol. The molecule has 0 bridgehead atoms. The number of halogens is 1. The molecular weight excluding hydrogens is 397 g/mol. The number of ether oxygens (including phenoxy) is 1. The molecule has 3 rings (SSSR count). The molecule has 1 atom stereocenters. The summed E-state index contributed by atoms with van der Waals surface area (Å²) < 4.78 is 41.9. The Bertz CT molecular complexity index is 1020. The molecule has 29 heavy (non-hydrogen) atoms. The van der Waals surface area contributed by atoms with E-state index in [1.807, 2.05) is 0 Å². The SMILES string of the molecule is O=C(/C=C/c1cccc(F)c1)OCC(=O)N(c1ccccc1)[C@H]1CCS(=O)(=O)C1. The molecule has 152 valence electrons. The molecule has 8 heteroatoms. The highest BCUT2D eigenvalue weighted by Gasteiger charge is 2.35. The molecule has 0 unspecified atom stereocenters. The van der Waals surface area contributed by atoms with Crippen LogP contribution in [0.4, 0.5) is 10.1 Å². The zero-order chi connectivity index (χ0) is 20.9. The van der Waals surface area contributed by atoms with Crippen LogP contribution < -0.4 is 4.90 Å². The molecule has 1 heterocycles. The van der Waals surface area contributed by atoms with Gasteiger partial charge in [-0.3, -0.25) is 4.79 Å². The van der Waals surface area contributed by atoms with Crippen LogP contribution in [-0.2, 0) is 24.2 Å². The summed E-state index contributed by atoms with van der Waals surface area (Å²) in [6.45, 7) is -0.530. The Balaban J connectivity index is 1.66. The Morgan fingerprint density at radius 2 is 1.90 bits per heavy atom. The molecule has 0 aromatic heterocycles. The fraction of sp³-hybridized carbons (Fsp3) is 0.238. The third-order valence-corrected chi connectivity index (χ3v) is 6.23. The zero-order valence-electron chi connectivity index (χ0n) is 15.5. The van der Waals surface area contributed by atoms with E-state index in [0.29, 0.717) is 17.7 Å². The van der Waals surface area contributed by atoms with Gasteiger partial charge in [0.25, 0.3) is 5.91 Å². The lowest BCUT2D eigenvalue weighted by atomic mass is 10.2. The van der Waals surface area contributed by atoms with Crippen molar-refractivity contribution in [2.24, 2.45) is 0 Å². The number of para-hydroxylation sites is 1. The third kappa shape index (κ3) is 5.74. The maximum Gasteiger partial charge on any atom is 0.331 e. The molecular formula is C21H20FNO5S. The predicted molar refractivity (Wildman–Crippen MR) is 107 cm³/mol. The van der Waals surface area contributed by atoms with E-state index >= 15 is 0 Å². The van der Waals surface area contributed by atoms with Crippen molar-refractivity contribution >= 4 is 33.5 Å². The van der Waals surface area contributed by atoms with Crippen LogP contribution >= 0.6 is 0 Å². The molecule has 1 fully saturated rings. The van der Waals surface area contributed by atoms with E-state index in [-0.39, 0.29) is 11.5 Å². The van der Waals surface area contributed by atoms with Gasteiger partial charge in [-0.05, 0) is 42.3 Å². The Morgan fingerprint density at radius 3 is 2.55 bits per heavy atom.